The summed E-state index contributed by atoms with van der Waals surface area (Å²) < 4.78 is 22.5. The van der Waals surface area contributed by atoms with E-state index in [1.807, 2.05) is 0 Å². The Labute approximate surface area is 103 Å². The molecule has 0 bridgehead atoms. The van der Waals surface area contributed by atoms with Crippen LogP contribution in [0.3, 0.4) is 0 Å². The number of aromatic carboxylic acids is 1. The van der Waals surface area contributed by atoms with Gasteiger partial charge in [-0.25, -0.2) is 4.79 Å². The van der Waals surface area contributed by atoms with E-state index in [9.17, 15) is 4.79 Å². The van der Waals surface area contributed by atoms with Crippen molar-refractivity contribution < 1.29 is 41.2 Å². The van der Waals surface area contributed by atoms with Gasteiger partial charge in [0.05, 0.1) is 5.56 Å². The summed E-state index contributed by atoms with van der Waals surface area (Å²) >= 11 is 0. The number of carboxylic acid groups (broad SMARTS) is 1. The first kappa shape index (κ1) is 23.9. The third kappa shape index (κ3) is 14.9. The van der Waals surface area contributed by atoms with E-state index in [0.717, 1.165) is 0 Å². The molecule has 0 atom stereocenters. The molecule has 1 aromatic rings. The van der Waals surface area contributed by atoms with E-state index >= 15 is 0 Å². The molecule has 76 valence electrons. The van der Waals surface area contributed by atoms with Gasteiger partial charge < -0.3 is 5.11 Å². The van der Waals surface area contributed by atoms with Crippen LogP contribution < -0.4 is 0 Å². The first-order chi connectivity index (χ1) is 7.30. The quantitative estimate of drug-likeness (QED) is 0.606. The molecule has 0 unspecified atom stereocenters. The summed E-state index contributed by atoms with van der Waals surface area (Å²) in [4.78, 5) is 10.2. The Morgan fingerprint density at radius 2 is 1.25 bits per heavy atom. The molecule has 1 rings (SSSR count). The van der Waals surface area contributed by atoms with Crippen molar-refractivity contribution >= 4 is 5.97 Å². The largest absolute Gasteiger partial charge is 6.00 e. The van der Waals surface area contributed by atoms with Crippen molar-refractivity contribution in [3.63, 3.8) is 0 Å². The fourth-order valence-corrected chi connectivity index (χ4v) is 0.581. The Hall–Kier alpha value is -1.56. The second kappa shape index (κ2) is 23.3. The van der Waals surface area contributed by atoms with Crippen LogP contribution in [0.1, 0.15) is 10.4 Å². The second-order valence-corrected chi connectivity index (χ2v) is 1.67. The van der Waals surface area contributed by atoms with Gasteiger partial charge in [-0.05, 0) is 12.1 Å². The zero-order valence-corrected chi connectivity index (χ0v) is 9.15. The third-order valence-electron chi connectivity index (χ3n) is 1.02. The molecule has 0 amide bonds. The average molecular weight is 258 g/mol. The number of carbonyl (C=O) groups is 1. The van der Waals surface area contributed by atoms with Gasteiger partial charge in [0.25, 0.3) is 0 Å². The standard InChI is InChI=1S/C7H6O2.3CO.Cr/c8-7(9)6-4-2-1-3-5-6;3*1-2;/h1-5H,(H,8,9);;;;/q;;;;+6. The van der Waals surface area contributed by atoms with Crippen LogP contribution in [0.2, 0.25) is 0 Å². The molecule has 0 saturated heterocycles. The second-order valence-electron chi connectivity index (χ2n) is 1.67. The van der Waals surface area contributed by atoms with Gasteiger partial charge in [-0.15, -0.1) is 0 Å². The van der Waals surface area contributed by atoms with E-state index < -0.39 is 5.97 Å². The van der Waals surface area contributed by atoms with Gasteiger partial charge >= 0.3 is 57.2 Å². The zero-order valence-electron chi connectivity index (χ0n) is 7.88. The zero-order chi connectivity index (χ0) is 12.7. The van der Waals surface area contributed by atoms with Crippen LogP contribution in [0.15, 0.2) is 30.3 Å². The molecule has 6 heteroatoms. The Bertz CT molecular complexity index is 301. The van der Waals surface area contributed by atoms with Crippen LogP contribution in [-0.4, -0.2) is 11.1 Å². The summed E-state index contributed by atoms with van der Waals surface area (Å²) in [5.74, 6) is -0.879. The summed E-state index contributed by atoms with van der Waals surface area (Å²) in [5.41, 5.74) is 0.331. The molecule has 16 heavy (non-hydrogen) atoms. The number of hydrogen-bond acceptors (Lipinski definition) is 1. The van der Waals surface area contributed by atoms with Crippen molar-refractivity contribution in [2.75, 3.05) is 0 Å². The van der Waals surface area contributed by atoms with Crippen molar-refractivity contribution in [3.05, 3.63) is 55.8 Å². The molecule has 0 saturated carbocycles. The predicted molar refractivity (Wildman–Crippen MR) is 45.2 cm³/mol. The maximum Gasteiger partial charge on any atom is 6.00 e. The van der Waals surface area contributed by atoms with E-state index in [4.69, 9.17) is 19.1 Å². The Kier molecular flexibility index (Phi) is 34.9. The molecule has 0 spiro atoms. The minimum absolute atomic E-state index is 0. The van der Waals surface area contributed by atoms with Crippen molar-refractivity contribution in [1.29, 1.82) is 0 Å². The maximum absolute atomic E-state index is 10.2. The fourth-order valence-electron chi connectivity index (χ4n) is 0.581. The summed E-state index contributed by atoms with van der Waals surface area (Å²) in [5, 5.41) is 8.38. The fraction of sp³-hybridized carbons (Fsp3) is 0. The topological polar surface area (TPSA) is 97.0 Å². The molecule has 0 heterocycles. The molecular formula is C10H6CrO5+6. The molecule has 0 aliphatic heterocycles. The van der Waals surface area contributed by atoms with E-state index in [2.05, 4.69) is 20.0 Å². The monoisotopic (exact) mass is 258 g/mol. The van der Waals surface area contributed by atoms with Gasteiger partial charge in [-0.2, -0.15) is 0 Å². The minimum atomic E-state index is -0.879. The summed E-state index contributed by atoms with van der Waals surface area (Å²) in [6, 6.07) is 8.30. The van der Waals surface area contributed by atoms with E-state index in [0.29, 0.717) is 5.56 Å². The van der Waals surface area contributed by atoms with Gasteiger partial charge in [-0.3, -0.25) is 0 Å². The first-order valence-electron chi connectivity index (χ1n) is 3.20. The Morgan fingerprint density at radius 3 is 1.44 bits per heavy atom. The van der Waals surface area contributed by atoms with Crippen LogP contribution in [0.25, 0.3) is 0 Å². The summed E-state index contributed by atoms with van der Waals surface area (Å²) in [6.07, 6.45) is 0. The predicted octanol–water partition coefficient (Wildman–Crippen LogP) is 1.27. The van der Waals surface area contributed by atoms with Gasteiger partial charge in [0, 0.05) is 0 Å². The SMILES string of the molecule is O=C(O)c1ccccc1.[C-]#[O+].[C-]#[O+].[C-]#[O+].[Cr+6]. The number of hydrogen-bond donors (Lipinski definition) is 1. The van der Waals surface area contributed by atoms with Crippen molar-refractivity contribution in [2.45, 2.75) is 0 Å². The summed E-state index contributed by atoms with van der Waals surface area (Å²) in [7, 11) is 0. The van der Waals surface area contributed by atoms with Crippen LogP contribution in [-0.2, 0) is 31.3 Å². The van der Waals surface area contributed by atoms with E-state index in [-0.39, 0.29) is 17.4 Å². The molecule has 1 N–H and O–H groups in total. The van der Waals surface area contributed by atoms with Crippen LogP contribution >= 0.6 is 0 Å². The van der Waals surface area contributed by atoms with Crippen molar-refractivity contribution in [2.24, 2.45) is 0 Å². The first-order valence-corrected chi connectivity index (χ1v) is 3.20. The molecule has 0 aliphatic carbocycles. The van der Waals surface area contributed by atoms with Crippen LogP contribution in [0, 0.1) is 20.0 Å². The average Bonchev–Trinajstić information content (AvgIpc) is 2.38. The Morgan fingerprint density at radius 1 is 0.938 bits per heavy atom. The molecule has 0 radical (unpaired) electrons. The minimum Gasteiger partial charge on any atom is 6.00 e. The van der Waals surface area contributed by atoms with E-state index in [1.165, 1.54) is 0 Å². The molecule has 0 fully saturated rings. The number of rotatable bonds is 1. The van der Waals surface area contributed by atoms with E-state index in [1.54, 1.807) is 30.3 Å². The smallest absolute Gasteiger partial charge is 6.00 e. The molecule has 0 aromatic heterocycles. The van der Waals surface area contributed by atoms with Gasteiger partial charge in [0.2, 0.25) is 0 Å². The molecule has 0 aliphatic rings. The normalized spacial score (nSPS) is 5.38. The van der Waals surface area contributed by atoms with Crippen molar-refractivity contribution in [1.82, 2.24) is 0 Å². The maximum atomic E-state index is 10.2. The van der Waals surface area contributed by atoms with Crippen LogP contribution in [0.4, 0.5) is 0 Å². The molecular weight excluding hydrogens is 252 g/mol. The van der Waals surface area contributed by atoms with Crippen molar-refractivity contribution in [3.8, 4) is 0 Å². The van der Waals surface area contributed by atoms with Crippen LogP contribution in [0.5, 0.6) is 0 Å². The molecule has 5 nitrogen and oxygen atoms in total. The third-order valence-corrected chi connectivity index (χ3v) is 1.02. The number of carboxylic acids is 1. The van der Waals surface area contributed by atoms with Gasteiger partial charge in [0.15, 0.2) is 0 Å². The van der Waals surface area contributed by atoms with Gasteiger partial charge in [-0.1, -0.05) is 18.2 Å². The molecule has 1 aromatic carbocycles. The van der Waals surface area contributed by atoms with Gasteiger partial charge in [0.1, 0.15) is 0 Å². The Balaban J connectivity index is -0.0000000900. The summed E-state index contributed by atoms with van der Waals surface area (Å²) in [6.45, 7) is 13.5. The number of benzene rings is 1.